The highest BCUT2D eigenvalue weighted by Crippen LogP contribution is 2.40. The molecule has 1 amide bonds. The molecule has 1 N–H and O–H groups in total. The molecule has 4 nitrogen and oxygen atoms in total. The molecular weight excluding hydrogens is 522 g/mol. The lowest BCUT2D eigenvalue weighted by Crippen LogP contribution is -2.12. The molecular formula is C24H12Cl4N2O2S. The summed E-state index contributed by atoms with van der Waals surface area (Å²) in [4.78, 5) is 17.7. The summed E-state index contributed by atoms with van der Waals surface area (Å²) in [6, 6.07) is 19.3. The summed E-state index contributed by atoms with van der Waals surface area (Å²) in [7, 11) is 0. The van der Waals surface area contributed by atoms with Gasteiger partial charge in [0, 0.05) is 21.2 Å². The highest BCUT2D eigenvalue weighted by atomic mass is 35.5. The van der Waals surface area contributed by atoms with Crippen molar-refractivity contribution in [3.63, 3.8) is 0 Å². The quantitative estimate of drug-likeness (QED) is 0.250. The van der Waals surface area contributed by atoms with Gasteiger partial charge in [0.25, 0.3) is 5.91 Å². The van der Waals surface area contributed by atoms with Crippen LogP contribution in [0.1, 0.15) is 10.6 Å². The number of furan rings is 1. The Kier molecular flexibility index (Phi) is 6.08. The van der Waals surface area contributed by atoms with Crippen LogP contribution in [0.5, 0.6) is 0 Å². The molecule has 0 fully saturated rings. The summed E-state index contributed by atoms with van der Waals surface area (Å²) >= 11 is 26.5. The predicted molar refractivity (Wildman–Crippen MR) is 137 cm³/mol. The number of amides is 1. The number of halogens is 4. The minimum Gasteiger partial charge on any atom is -0.451 e. The van der Waals surface area contributed by atoms with Crippen molar-refractivity contribution in [1.82, 2.24) is 4.98 Å². The number of nitrogens with one attached hydrogen (secondary N) is 1. The van der Waals surface area contributed by atoms with E-state index in [0.29, 0.717) is 42.7 Å². The Morgan fingerprint density at radius 3 is 2.45 bits per heavy atom. The van der Waals surface area contributed by atoms with E-state index in [4.69, 9.17) is 50.8 Å². The lowest BCUT2D eigenvalue weighted by Gasteiger charge is -2.11. The van der Waals surface area contributed by atoms with E-state index in [2.05, 4.69) is 10.3 Å². The molecule has 5 rings (SSSR count). The van der Waals surface area contributed by atoms with E-state index in [9.17, 15) is 4.79 Å². The van der Waals surface area contributed by atoms with Crippen LogP contribution >= 0.6 is 57.7 Å². The second-order valence-corrected chi connectivity index (χ2v) is 9.76. The highest BCUT2D eigenvalue weighted by Gasteiger charge is 2.20. The topological polar surface area (TPSA) is 55.1 Å². The van der Waals surface area contributed by atoms with Crippen molar-refractivity contribution in [1.29, 1.82) is 0 Å². The van der Waals surface area contributed by atoms with Gasteiger partial charge in [-0.15, -0.1) is 11.3 Å². The maximum absolute atomic E-state index is 13.0. The zero-order chi connectivity index (χ0) is 23.1. The summed E-state index contributed by atoms with van der Waals surface area (Å²) in [5.74, 6) is 0.0227. The second kappa shape index (κ2) is 9.01. The third kappa shape index (κ3) is 4.47. The van der Waals surface area contributed by atoms with E-state index in [1.54, 1.807) is 42.5 Å². The molecule has 5 aromatic rings. The molecule has 33 heavy (non-hydrogen) atoms. The van der Waals surface area contributed by atoms with Gasteiger partial charge in [0.05, 0.1) is 25.9 Å². The first-order valence-corrected chi connectivity index (χ1v) is 11.9. The smallest absolute Gasteiger partial charge is 0.291 e. The molecule has 2 heterocycles. The Bertz CT molecular complexity index is 1490. The van der Waals surface area contributed by atoms with Crippen molar-refractivity contribution >= 4 is 79.6 Å². The van der Waals surface area contributed by atoms with E-state index in [-0.39, 0.29) is 10.8 Å². The zero-order valence-corrected chi connectivity index (χ0v) is 20.4. The van der Waals surface area contributed by atoms with Crippen molar-refractivity contribution in [2.24, 2.45) is 0 Å². The lowest BCUT2D eigenvalue weighted by molar-refractivity contribution is 0.0997. The van der Waals surface area contributed by atoms with Crippen LogP contribution < -0.4 is 5.32 Å². The molecule has 0 radical (unpaired) electrons. The van der Waals surface area contributed by atoms with Gasteiger partial charge in [-0.1, -0.05) is 58.5 Å². The van der Waals surface area contributed by atoms with Crippen molar-refractivity contribution in [2.45, 2.75) is 0 Å². The predicted octanol–water partition coefficient (Wildman–Crippen LogP) is 9.09. The number of aromatic nitrogens is 1. The van der Waals surface area contributed by atoms with Gasteiger partial charge < -0.3 is 9.73 Å². The molecule has 0 aliphatic heterocycles. The number of hydrogen-bond acceptors (Lipinski definition) is 4. The molecule has 0 aliphatic carbocycles. The van der Waals surface area contributed by atoms with Gasteiger partial charge in [-0.2, -0.15) is 0 Å². The van der Waals surface area contributed by atoms with Crippen molar-refractivity contribution in [2.75, 3.05) is 5.32 Å². The second-order valence-electron chi connectivity index (χ2n) is 7.04. The Hall–Kier alpha value is -2.54. The number of fused-ring (bicyclic) bond motifs is 1. The Labute approximate surface area is 212 Å². The maximum atomic E-state index is 13.0. The fourth-order valence-corrected chi connectivity index (χ4v) is 5.23. The largest absolute Gasteiger partial charge is 0.451 e. The van der Waals surface area contributed by atoms with Crippen LogP contribution in [0.3, 0.4) is 0 Å². The van der Waals surface area contributed by atoms with Gasteiger partial charge in [0.2, 0.25) is 0 Å². The van der Waals surface area contributed by atoms with E-state index >= 15 is 0 Å². The third-order valence-electron chi connectivity index (χ3n) is 4.84. The number of carbonyl (C=O) groups excluding carboxylic acids is 1. The van der Waals surface area contributed by atoms with Crippen LogP contribution in [-0.4, -0.2) is 10.9 Å². The molecule has 3 aromatic carbocycles. The molecule has 0 saturated heterocycles. The average Bonchev–Trinajstić information content (AvgIpc) is 3.44. The Balaban J connectivity index is 1.50. The van der Waals surface area contributed by atoms with Gasteiger partial charge >= 0.3 is 0 Å². The van der Waals surface area contributed by atoms with Crippen LogP contribution in [0.2, 0.25) is 20.1 Å². The number of para-hydroxylation sites is 1. The molecule has 0 atom stereocenters. The van der Waals surface area contributed by atoms with Gasteiger partial charge in [0.15, 0.2) is 5.76 Å². The first kappa shape index (κ1) is 22.3. The van der Waals surface area contributed by atoms with E-state index < -0.39 is 5.91 Å². The fourth-order valence-electron chi connectivity index (χ4n) is 3.32. The monoisotopic (exact) mass is 532 g/mol. The number of anilines is 1. The average molecular weight is 534 g/mol. The summed E-state index contributed by atoms with van der Waals surface area (Å²) in [6.45, 7) is 0. The zero-order valence-electron chi connectivity index (χ0n) is 16.5. The number of carbonyl (C=O) groups is 1. The number of benzene rings is 3. The van der Waals surface area contributed by atoms with Crippen molar-refractivity contribution in [3.8, 4) is 21.9 Å². The van der Waals surface area contributed by atoms with Crippen molar-refractivity contribution < 1.29 is 9.21 Å². The highest BCUT2D eigenvalue weighted by molar-refractivity contribution is 7.21. The van der Waals surface area contributed by atoms with Crippen LogP contribution in [0.15, 0.2) is 71.1 Å². The van der Waals surface area contributed by atoms with Crippen LogP contribution in [-0.2, 0) is 0 Å². The minimum absolute atomic E-state index is 0.0855. The summed E-state index contributed by atoms with van der Waals surface area (Å²) < 4.78 is 6.77. The summed E-state index contributed by atoms with van der Waals surface area (Å²) in [5, 5.41) is 5.21. The summed E-state index contributed by atoms with van der Waals surface area (Å²) in [6.07, 6.45) is 0. The van der Waals surface area contributed by atoms with Crippen LogP contribution in [0.4, 0.5) is 5.69 Å². The van der Waals surface area contributed by atoms with E-state index in [1.165, 1.54) is 11.3 Å². The standard InChI is InChI=1S/C24H12Cl4N2O2S/c25-12-5-6-16(27)14(9-12)19-7-8-20(32-19)23(31)30-22-15(10-13(26)11-17(22)28)24-29-18-3-1-2-4-21(18)33-24/h1-11H,(H,30,31). The maximum Gasteiger partial charge on any atom is 0.291 e. The third-order valence-corrected chi connectivity index (χ3v) is 6.99. The molecule has 2 aromatic heterocycles. The lowest BCUT2D eigenvalue weighted by atomic mass is 10.1. The number of thiazole rings is 1. The minimum atomic E-state index is -0.481. The molecule has 0 aliphatic rings. The number of rotatable bonds is 4. The van der Waals surface area contributed by atoms with E-state index in [0.717, 1.165) is 10.2 Å². The van der Waals surface area contributed by atoms with Crippen LogP contribution in [0.25, 0.3) is 32.1 Å². The van der Waals surface area contributed by atoms with Gasteiger partial charge in [-0.05, 0) is 54.6 Å². The summed E-state index contributed by atoms with van der Waals surface area (Å²) in [5.41, 5.74) is 2.44. The van der Waals surface area contributed by atoms with Gasteiger partial charge in [-0.3, -0.25) is 4.79 Å². The SMILES string of the molecule is O=C(Nc1c(Cl)cc(Cl)cc1-c1nc2ccccc2s1)c1ccc(-c2cc(Cl)ccc2Cl)o1. The Morgan fingerprint density at radius 1 is 0.848 bits per heavy atom. The van der Waals surface area contributed by atoms with Gasteiger partial charge in [0.1, 0.15) is 10.8 Å². The van der Waals surface area contributed by atoms with Crippen LogP contribution in [0, 0.1) is 0 Å². The molecule has 164 valence electrons. The molecule has 0 unspecified atom stereocenters. The number of nitrogens with zero attached hydrogens (tertiary/aromatic N) is 1. The number of hydrogen-bond donors (Lipinski definition) is 1. The van der Waals surface area contributed by atoms with Crippen molar-refractivity contribution in [3.05, 3.63) is 92.6 Å². The molecule has 0 saturated carbocycles. The molecule has 0 bridgehead atoms. The van der Waals surface area contributed by atoms with E-state index in [1.807, 2.05) is 24.3 Å². The first-order valence-electron chi connectivity index (χ1n) is 9.60. The van der Waals surface area contributed by atoms with Gasteiger partial charge in [-0.25, -0.2) is 4.98 Å². The first-order chi connectivity index (χ1) is 15.9. The molecule has 0 spiro atoms. The molecule has 9 heteroatoms. The Morgan fingerprint density at radius 2 is 1.64 bits per heavy atom. The fraction of sp³-hybridized carbons (Fsp3) is 0. The normalized spacial score (nSPS) is 11.2.